The molecule has 0 unspecified atom stereocenters. The molecular weight excluding hydrogens is 314 g/mol. The first-order valence-electron chi connectivity index (χ1n) is 10.00. The zero-order valence-electron chi connectivity index (χ0n) is 18.1. The van der Waals surface area contributed by atoms with Gasteiger partial charge < -0.3 is 4.98 Å². The summed E-state index contributed by atoms with van der Waals surface area (Å²) in [5.41, 5.74) is 8.68. The molecule has 0 aliphatic rings. The topological polar surface area (TPSA) is 15.8 Å². The first kappa shape index (κ1) is 20.6. The molecule has 0 bridgehead atoms. The van der Waals surface area contributed by atoms with Crippen LogP contribution in [0.1, 0.15) is 89.3 Å². The summed E-state index contributed by atoms with van der Waals surface area (Å²) in [6.07, 6.45) is 7.69. The van der Waals surface area contributed by atoms with Crippen LogP contribution in [0.2, 0.25) is 0 Å². The largest absolute Gasteiger partial charge is 0.361 e. The van der Waals surface area contributed by atoms with E-state index in [0.717, 1.165) is 19.3 Å². The summed E-state index contributed by atoms with van der Waals surface area (Å²) < 4.78 is 0. The molecule has 1 nitrogen and oxygen atoms in total. The van der Waals surface area contributed by atoms with Gasteiger partial charge in [-0.15, -0.1) is 0 Å². The molecule has 0 aliphatic carbocycles. The first-order valence-corrected chi connectivity index (χ1v) is 10.00. The highest BCUT2D eigenvalue weighted by Gasteiger charge is 2.20. The summed E-state index contributed by atoms with van der Waals surface area (Å²) in [5.74, 6) is 0. The number of aryl methyl sites for hydroxylation is 2. The van der Waals surface area contributed by atoms with Crippen LogP contribution >= 0.6 is 0 Å². The molecule has 1 aromatic carbocycles. The van der Waals surface area contributed by atoms with Gasteiger partial charge in [-0.2, -0.15) is 0 Å². The molecule has 0 saturated heterocycles. The van der Waals surface area contributed by atoms with Crippen LogP contribution in [0, 0.1) is 6.92 Å². The van der Waals surface area contributed by atoms with Crippen LogP contribution in [0.4, 0.5) is 0 Å². The van der Waals surface area contributed by atoms with Gasteiger partial charge in [0.05, 0.1) is 0 Å². The molecule has 0 spiro atoms. The van der Waals surface area contributed by atoms with Crippen molar-refractivity contribution >= 4 is 5.57 Å². The first-order chi connectivity index (χ1) is 12.0. The Kier molecular flexibility index (Phi) is 6.21. The van der Waals surface area contributed by atoms with Gasteiger partial charge in [-0.3, -0.25) is 0 Å². The minimum atomic E-state index is 0.175. The molecule has 1 N–H and O–H groups in total. The van der Waals surface area contributed by atoms with Gasteiger partial charge in [0.1, 0.15) is 0 Å². The number of H-pyrrole nitrogens is 1. The lowest BCUT2D eigenvalue weighted by molar-refractivity contribution is 0.567. The molecule has 2 rings (SSSR count). The van der Waals surface area contributed by atoms with Crippen molar-refractivity contribution in [3.8, 4) is 0 Å². The van der Waals surface area contributed by atoms with Crippen molar-refractivity contribution in [2.75, 3.05) is 0 Å². The Bertz CT molecular complexity index is 728. The normalized spacial score (nSPS) is 13.3. The molecule has 0 amide bonds. The van der Waals surface area contributed by atoms with E-state index >= 15 is 0 Å². The van der Waals surface area contributed by atoms with Crippen LogP contribution in [-0.4, -0.2) is 4.98 Å². The van der Waals surface area contributed by atoms with E-state index in [0.29, 0.717) is 0 Å². The molecule has 26 heavy (non-hydrogen) atoms. The van der Waals surface area contributed by atoms with Crippen LogP contribution in [-0.2, 0) is 17.3 Å². The van der Waals surface area contributed by atoms with Gasteiger partial charge in [-0.05, 0) is 70.9 Å². The summed E-state index contributed by atoms with van der Waals surface area (Å²) in [4.78, 5) is 3.43. The third-order valence-corrected chi connectivity index (χ3v) is 5.03. The number of hydrogen-bond acceptors (Lipinski definition) is 0. The van der Waals surface area contributed by atoms with Gasteiger partial charge in [0.25, 0.3) is 0 Å². The number of aromatic amines is 1. The molecule has 1 heterocycles. The number of rotatable bonds is 5. The van der Waals surface area contributed by atoms with Gasteiger partial charge >= 0.3 is 0 Å². The summed E-state index contributed by atoms with van der Waals surface area (Å²) in [5, 5.41) is 0. The fourth-order valence-electron chi connectivity index (χ4n) is 3.26. The van der Waals surface area contributed by atoms with Gasteiger partial charge in [0.15, 0.2) is 0 Å². The van der Waals surface area contributed by atoms with Crippen LogP contribution < -0.4 is 0 Å². The molecule has 2 aromatic rings. The van der Waals surface area contributed by atoms with E-state index in [1.807, 2.05) is 0 Å². The van der Waals surface area contributed by atoms with Gasteiger partial charge in [0, 0.05) is 11.9 Å². The zero-order valence-corrected chi connectivity index (χ0v) is 18.1. The molecule has 0 fully saturated rings. The third-order valence-electron chi connectivity index (χ3n) is 5.03. The molecule has 142 valence electrons. The Morgan fingerprint density at radius 1 is 0.923 bits per heavy atom. The maximum atomic E-state index is 3.43. The number of hydrogen-bond donors (Lipinski definition) is 1. The quantitative estimate of drug-likeness (QED) is 0.580. The monoisotopic (exact) mass is 351 g/mol. The van der Waals surface area contributed by atoms with Crippen molar-refractivity contribution in [1.29, 1.82) is 0 Å². The Hall–Kier alpha value is -1.76. The predicted octanol–water partition coefficient (Wildman–Crippen LogP) is 7.34. The zero-order chi connectivity index (χ0) is 19.5. The molecule has 0 radical (unpaired) electrons. The fourth-order valence-corrected chi connectivity index (χ4v) is 3.26. The number of nitrogens with one attached hydrogen (secondary N) is 1. The van der Waals surface area contributed by atoms with E-state index < -0.39 is 0 Å². The van der Waals surface area contributed by atoms with E-state index in [-0.39, 0.29) is 10.8 Å². The number of aromatic nitrogens is 1. The van der Waals surface area contributed by atoms with Crippen molar-refractivity contribution in [1.82, 2.24) is 4.98 Å². The standard InChI is InChI=1S/C25H37N/c1-9-10-20(23-13-18(2)17-26-23)12-11-19-14-21(24(3,4)5)16-22(15-19)25(6,7)8/h10,13-17,26H,9,11-12H2,1-8H3/b20-10+. The lowest BCUT2D eigenvalue weighted by atomic mass is 9.79. The van der Waals surface area contributed by atoms with E-state index in [4.69, 9.17) is 0 Å². The van der Waals surface area contributed by atoms with Gasteiger partial charge in [-0.1, -0.05) is 72.7 Å². The van der Waals surface area contributed by atoms with E-state index in [9.17, 15) is 0 Å². The molecule has 0 saturated carbocycles. The number of allylic oxidation sites excluding steroid dienone is 2. The minimum Gasteiger partial charge on any atom is -0.361 e. The van der Waals surface area contributed by atoms with E-state index in [2.05, 4.69) is 96.9 Å². The van der Waals surface area contributed by atoms with Crippen molar-refractivity contribution < 1.29 is 0 Å². The summed E-state index contributed by atoms with van der Waals surface area (Å²) in [6.45, 7) is 18.2. The lowest BCUT2D eigenvalue weighted by Gasteiger charge is -2.26. The maximum absolute atomic E-state index is 3.43. The highest BCUT2D eigenvalue weighted by Crippen LogP contribution is 2.31. The smallest absolute Gasteiger partial charge is 0.0412 e. The van der Waals surface area contributed by atoms with Gasteiger partial charge in [0.2, 0.25) is 0 Å². The minimum absolute atomic E-state index is 0.175. The Balaban J connectivity index is 2.31. The van der Waals surface area contributed by atoms with Crippen molar-refractivity contribution in [2.24, 2.45) is 0 Å². The highest BCUT2D eigenvalue weighted by molar-refractivity contribution is 5.63. The molecule has 0 atom stereocenters. The summed E-state index contributed by atoms with van der Waals surface area (Å²) in [7, 11) is 0. The second-order valence-corrected chi connectivity index (χ2v) is 9.65. The average molecular weight is 352 g/mol. The molecule has 1 aromatic heterocycles. The van der Waals surface area contributed by atoms with Crippen LogP contribution in [0.3, 0.4) is 0 Å². The van der Waals surface area contributed by atoms with Crippen LogP contribution in [0.25, 0.3) is 5.57 Å². The van der Waals surface area contributed by atoms with Crippen molar-refractivity contribution in [3.05, 3.63) is 64.5 Å². The van der Waals surface area contributed by atoms with Crippen LogP contribution in [0.15, 0.2) is 36.5 Å². The van der Waals surface area contributed by atoms with Crippen LogP contribution in [0.5, 0.6) is 0 Å². The molecular formula is C25H37N. The Labute approximate surface area is 160 Å². The van der Waals surface area contributed by atoms with E-state index in [1.165, 1.54) is 33.5 Å². The Morgan fingerprint density at radius 2 is 1.50 bits per heavy atom. The SMILES string of the molecule is CC/C=C(\CCc1cc(C(C)(C)C)cc(C(C)(C)C)c1)c1cc(C)c[nH]1. The second-order valence-electron chi connectivity index (χ2n) is 9.65. The average Bonchev–Trinajstić information content (AvgIpc) is 2.96. The third kappa shape index (κ3) is 5.37. The van der Waals surface area contributed by atoms with E-state index in [1.54, 1.807) is 0 Å². The fraction of sp³-hybridized carbons (Fsp3) is 0.520. The van der Waals surface area contributed by atoms with Gasteiger partial charge in [-0.25, -0.2) is 0 Å². The molecule has 0 aliphatic heterocycles. The second kappa shape index (κ2) is 7.86. The van der Waals surface area contributed by atoms with Crippen molar-refractivity contribution in [3.63, 3.8) is 0 Å². The number of benzene rings is 1. The van der Waals surface area contributed by atoms with Crippen molar-refractivity contribution in [2.45, 2.75) is 85.5 Å². The maximum Gasteiger partial charge on any atom is 0.0412 e. The molecule has 1 heteroatoms. The Morgan fingerprint density at radius 3 is 1.92 bits per heavy atom. The summed E-state index contributed by atoms with van der Waals surface area (Å²) in [6, 6.07) is 9.49. The predicted molar refractivity (Wildman–Crippen MR) is 116 cm³/mol. The summed E-state index contributed by atoms with van der Waals surface area (Å²) >= 11 is 0. The lowest BCUT2D eigenvalue weighted by Crippen LogP contribution is -2.17. The highest BCUT2D eigenvalue weighted by atomic mass is 14.7.